The first kappa shape index (κ1) is 20.3. The van der Waals surface area contributed by atoms with E-state index in [0.29, 0.717) is 23.4 Å². The molecule has 0 aliphatic carbocycles. The molecule has 9 heteroatoms. The van der Waals surface area contributed by atoms with Gasteiger partial charge in [0.1, 0.15) is 0 Å². The van der Waals surface area contributed by atoms with Gasteiger partial charge in [-0.25, -0.2) is 9.50 Å². The number of aryl methyl sites for hydroxylation is 2. The summed E-state index contributed by atoms with van der Waals surface area (Å²) in [6.45, 7) is 3.52. The zero-order valence-electron chi connectivity index (χ0n) is 15.8. The number of carbonyl (C=O) groups excluding carboxylic acids is 1. The monoisotopic (exact) mass is 401 g/mol. The molecule has 3 rings (SSSR count). The highest BCUT2D eigenvalue weighted by molar-refractivity contribution is 5.76. The Balaban J connectivity index is 1.64. The largest absolute Gasteiger partial charge is 0.453 e. The van der Waals surface area contributed by atoms with E-state index in [2.05, 4.69) is 32.2 Å². The number of alkyl halides is 3. The lowest BCUT2D eigenvalue weighted by atomic mass is 10.1. The van der Waals surface area contributed by atoms with Crippen molar-refractivity contribution in [1.29, 1.82) is 0 Å². The average Bonchev–Trinajstić information content (AvgIpc) is 3.10. The minimum Gasteiger partial charge on any atom is -0.345 e. The third-order valence-electron chi connectivity index (χ3n) is 4.29. The molecule has 0 unspecified atom stereocenters. The van der Waals surface area contributed by atoms with Crippen LogP contribution in [-0.2, 0) is 17.4 Å². The summed E-state index contributed by atoms with van der Waals surface area (Å²) in [5.74, 6) is 4.25. The predicted octanol–water partition coefficient (Wildman–Crippen LogP) is 2.86. The molecule has 0 aliphatic heterocycles. The molecule has 0 spiro atoms. The van der Waals surface area contributed by atoms with Gasteiger partial charge in [-0.05, 0) is 38.0 Å². The quantitative estimate of drug-likeness (QED) is 0.683. The number of benzene rings is 1. The first-order valence-corrected chi connectivity index (χ1v) is 8.86. The molecule has 0 atom stereocenters. The number of carbonyl (C=O) groups is 1. The Morgan fingerprint density at radius 2 is 1.90 bits per heavy atom. The Bertz CT molecular complexity index is 1090. The number of hydrogen-bond acceptors (Lipinski definition) is 4. The van der Waals surface area contributed by atoms with Crippen molar-refractivity contribution < 1.29 is 18.0 Å². The Labute approximate surface area is 165 Å². The summed E-state index contributed by atoms with van der Waals surface area (Å²) in [4.78, 5) is 19.6. The van der Waals surface area contributed by atoms with Crippen molar-refractivity contribution >= 4 is 11.7 Å². The number of amides is 1. The standard InChI is InChI=1S/C20H18F3N5O/c1-13-16(14(2)28-19(25-13)26-18(27-28)20(21,22)23)10-11-17(29)24-12-6-9-15-7-4-3-5-8-15/h3-5,7-8H,10-12H2,1-2H3,(H,24,29). The van der Waals surface area contributed by atoms with Crippen LogP contribution >= 0.6 is 0 Å². The average molecular weight is 401 g/mol. The van der Waals surface area contributed by atoms with Crippen molar-refractivity contribution in [3.8, 4) is 11.8 Å². The summed E-state index contributed by atoms with van der Waals surface area (Å²) in [6, 6.07) is 9.40. The van der Waals surface area contributed by atoms with Gasteiger partial charge in [0.05, 0.1) is 6.54 Å². The number of nitrogens with zero attached hydrogens (tertiary/aromatic N) is 4. The van der Waals surface area contributed by atoms with Crippen molar-refractivity contribution in [3.05, 3.63) is 58.7 Å². The van der Waals surface area contributed by atoms with E-state index in [0.717, 1.165) is 10.1 Å². The molecule has 29 heavy (non-hydrogen) atoms. The van der Waals surface area contributed by atoms with E-state index in [1.807, 2.05) is 30.3 Å². The van der Waals surface area contributed by atoms with Gasteiger partial charge in [0.15, 0.2) is 0 Å². The molecule has 0 bridgehead atoms. The van der Waals surface area contributed by atoms with Gasteiger partial charge < -0.3 is 5.32 Å². The number of rotatable bonds is 4. The van der Waals surface area contributed by atoms with E-state index in [-0.39, 0.29) is 24.7 Å². The summed E-state index contributed by atoms with van der Waals surface area (Å²) in [5.41, 5.74) is 2.53. The van der Waals surface area contributed by atoms with E-state index in [1.165, 1.54) is 0 Å². The second kappa shape index (κ2) is 8.31. The molecule has 0 saturated heterocycles. The normalized spacial score (nSPS) is 11.2. The van der Waals surface area contributed by atoms with Crippen LogP contribution in [0.15, 0.2) is 30.3 Å². The van der Waals surface area contributed by atoms with E-state index >= 15 is 0 Å². The molecule has 1 N–H and O–H groups in total. The van der Waals surface area contributed by atoms with E-state index in [9.17, 15) is 18.0 Å². The lowest BCUT2D eigenvalue weighted by Gasteiger charge is -2.10. The molecule has 0 aliphatic rings. The fourth-order valence-electron chi connectivity index (χ4n) is 2.83. The van der Waals surface area contributed by atoms with Crippen LogP contribution in [0.2, 0.25) is 0 Å². The van der Waals surface area contributed by atoms with Crippen LogP contribution in [0.1, 0.15) is 34.8 Å². The first-order valence-electron chi connectivity index (χ1n) is 8.86. The van der Waals surface area contributed by atoms with Crippen LogP contribution in [0.3, 0.4) is 0 Å². The van der Waals surface area contributed by atoms with Gasteiger partial charge in [0.2, 0.25) is 5.91 Å². The van der Waals surface area contributed by atoms with Crippen molar-refractivity contribution in [1.82, 2.24) is 24.9 Å². The maximum atomic E-state index is 12.8. The lowest BCUT2D eigenvalue weighted by Crippen LogP contribution is -2.24. The van der Waals surface area contributed by atoms with Gasteiger partial charge in [0, 0.05) is 23.4 Å². The van der Waals surface area contributed by atoms with E-state index < -0.39 is 12.0 Å². The summed E-state index contributed by atoms with van der Waals surface area (Å²) in [5, 5.41) is 6.21. The molecule has 0 radical (unpaired) electrons. The third-order valence-corrected chi connectivity index (χ3v) is 4.29. The van der Waals surface area contributed by atoms with Crippen LogP contribution in [-0.4, -0.2) is 32.0 Å². The van der Waals surface area contributed by atoms with Gasteiger partial charge in [-0.15, -0.1) is 5.10 Å². The molecule has 2 heterocycles. The number of fused-ring (bicyclic) bond motifs is 1. The van der Waals surface area contributed by atoms with Gasteiger partial charge in [-0.3, -0.25) is 4.79 Å². The fraction of sp³-hybridized carbons (Fsp3) is 0.300. The summed E-state index contributed by atoms with van der Waals surface area (Å²) < 4.78 is 39.6. The third kappa shape index (κ3) is 4.90. The van der Waals surface area contributed by atoms with Crippen LogP contribution in [0.5, 0.6) is 0 Å². The summed E-state index contributed by atoms with van der Waals surface area (Å²) >= 11 is 0. The zero-order valence-corrected chi connectivity index (χ0v) is 15.8. The van der Waals surface area contributed by atoms with Crippen molar-refractivity contribution in [2.75, 3.05) is 6.54 Å². The van der Waals surface area contributed by atoms with E-state index in [4.69, 9.17) is 0 Å². The number of nitrogens with one attached hydrogen (secondary N) is 1. The Hall–Kier alpha value is -3.41. The van der Waals surface area contributed by atoms with E-state index in [1.54, 1.807) is 13.8 Å². The first-order chi connectivity index (χ1) is 13.8. The molecule has 150 valence electrons. The summed E-state index contributed by atoms with van der Waals surface area (Å²) in [6.07, 6.45) is -4.17. The molecule has 0 fully saturated rings. The SMILES string of the molecule is Cc1nc2nc(C(F)(F)F)nn2c(C)c1CCC(=O)NCC#Cc1ccccc1. The molecule has 2 aromatic heterocycles. The molecule has 6 nitrogen and oxygen atoms in total. The van der Waals surface area contributed by atoms with Gasteiger partial charge in [-0.1, -0.05) is 30.0 Å². The van der Waals surface area contributed by atoms with Gasteiger partial charge in [0.25, 0.3) is 11.6 Å². The smallest absolute Gasteiger partial charge is 0.345 e. The number of hydrogen-bond donors (Lipinski definition) is 1. The maximum Gasteiger partial charge on any atom is 0.453 e. The lowest BCUT2D eigenvalue weighted by molar-refractivity contribution is -0.144. The van der Waals surface area contributed by atoms with Crippen molar-refractivity contribution in [3.63, 3.8) is 0 Å². The fourth-order valence-corrected chi connectivity index (χ4v) is 2.83. The van der Waals surface area contributed by atoms with Crippen molar-refractivity contribution in [2.45, 2.75) is 32.9 Å². The van der Waals surface area contributed by atoms with Crippen LogP contribution in [0.25, 0.3) is 5.78 Å². The van der Waals surface area contributed by atoms with Crippen molar-refractivity contribution in [2.24, 2.45) is 0 Å². The Morgan fingerprint density at radius 3 is 2.59 bits per heavy atom. The van der Waals surface area contributed by atoms with Crippen LogP contribution in [0.4, 0.5) is 13.2 Å². The molecule has 3 aromatic rings. The second-order valence-electron chi connectivity index (χ2n) is 6.35. The minimum absolute atomic E-state index is 0.114. The highest BCUT2D eigenvalue weighted by Crippen LogP contribution is 2.27. The molecular weight excluding hydrogens is 383 g/mol. The summed E-state index contributed by atoms with van der Waals surface area (Å²) in [7, 11) is 0. The zero-order chi connectivity index (χ0) is 21.0. The van der Waals surface area contributed by atoms with Crippen LogP contribution < -0.4 is 5.32 Å². The highest BCUT2D eigenvalue weighted by Gasteiger charge is 2.36. The molecular formula is C20H18F3N5O. The highest BCUT2D eigenvalue weighted by atomic mass is 19.4. The van der Waals surface area contributed by atoms with Crippen LogP contribution in [0, 0.1) is 25.7 Å². The molecule has 0 saturated carbocycles. The molecule has 1 amide bonds. The predicted molar refractivity (Wildman–Crippen MR) is 99.9 cm³/mol. The number of halogens is 3. The minimum atomic E-state index is -4.64. The van der Waals surface area contributed by atoms with Gasteiger partial charge in [-0.2, -0.15) is 18.2 Å². The number of aromatic nitrogens is 4. The Kier molecular flexibility index (Phi) is 5.82. The Morgan fingerprint density at radius 1 is 1.17 bits per heavy atom. The maximum absolute atomic E-state index is 12.8. The second-order valence-corrected chi connectivity index (χ2v) is 6.35. The topological polar surface area (TPSA) is 72.2 Å². The molecule has 1 aromatic carbocycles. The van der Waals surface area contributed by atoms with Gasteiger partial charge >= 0.3 is 6.18 Å².